The lowest BCUT2D eigenvalue weighted by molar-refractivity contribution is 0.0600. The molecule has 1 atom stereocenters. The number of esters is 1. The number of carbonyl (C=O) groups excluding carboxylic acids is 1. The van der Waals surface area contributed by atoms with Gasteiger partial charge in [-0.15, -0.1) is 0 Å². The van der Waals surface area contributed by atoms with Crippen molar-refractivity contribution in [2.24, 2.45) is 0 Å². The second-order valence-corrected chi connectivity index (χ2v) is 6.76. The minimum atomic E-state index is -0.371. The molecule has 2 aromatic carbocycles. The molecule has 6 heteroatoms. The molecular formula is C21H21N3O3. The number of rotatable bonds is 4. The first kappa shape index (κ1) is 17.4. The van der Waals surface area contributed by atoms with E-state index in [9.17, 15) is 9.59 Å². The normalized spacial score (nSPS) is 16.6. The zero-order valence-electron chi connectivity index (χ0n) is 15.1. The van der Waals surface area contributed by atoms with Gasteiger partial charge in [0, 0.05) is 12.5 Å². The molecule has 1 aliphatic rings. The minimum Gasteiger partial charge on any atom is -0.465 e. The molecular weight excluding hydrogens is 342 g/mol. The summed E-state index contributed by atoms with van der Waals surface area (Å²) in [6.07, 6.45) is 0.964. The molecule has 6 nitrogen and oxygen atoms in total. The van der Waals surface area contributed by atoms with Crippen molar-refractivity contribution in [2.75, 3.05) is 20.2 Å². The number of carbonyl (C=O) groups is 1. The number of aromatic nitrogens is 2. The first-order valence-electron chi connectivity index (χ1n) is 9.05. The molecule has 1 fully saturated rings. The molecule has 0 bridgehead atoms. The van der Waals surface area contributed by atoms with Crippen LogP contribution in [0.2, 0.25) is 0 Å². The second kappa shape index (κ2) is 7.32. The van der Waals surface area contributed by atoms with Gasteiger partial charge in [-0.25, -0.2) is 9.78 Å². The van der Waals surface area contributed by atoms with Crippen molar-refractivity contribution in [3.63, 3.8) is 0 Å². The highest BCUT2D eigenvalue weighted by molar-refractivity contribution is 5.89. The summed E-state index contributed by atoms with van der Waals surface area (Å²) in [5.41, 5.74) is 2.14. The lowest BCUT2D eigenvalue weighted by Crippen LogP contribution is -2.28. The number of ether oxygens (including phenoxy) is 1. The first-order chi connectivity index (χ1) is 13.2. The fourth-order valence-corrected chi connectivity index (χ4v) is 3.57. The highest BCUT2D eigenvalue weighted by atomic mass is 16.5. The quantitative estimate of drug-likeness (QED) is 0.720. The molecule has 0 saturated carbocycles. The van der Waals surface area contributed by atoms with Gasteiger partial charge < -0.3 is 10.1 Å². The molecule has 27 heavy (non-hydrogen) atoms. The Bertz CT molecular complexity index is 1030. The summed E-state index contributed by atoms with van der Waals surface area (Å²) in [4.78, 5) is 29.6. The Morgan fingerprint density at radius 1 is 1.22 bits per heavy atom. The monoisotopic (exact) mass is 363 g/mol. The maximum atomic E-state index is 13.2. The van der Waals surface area contributed by atoms with Gasteiger partial charge in [0.15, 0.2) is 0 Å². The van der Waals surface area contributed by atoms with Crippen molar-refractivity contribution >= 4 is 16.9 Å². The Balaban J connectivity index is 1.77. The largest absolute Gasteiger partial charge is 0.465 e. The van der Waals surface area contributed by atoms with Crippen LogP contribution in [0, 0.1) is 0 Å². The summed E-state index contributed by atoms with van der Waals surface area (Å²) < 4.78 is 6.51. The van der Waals surface area contributed by atoms with Crippen molar-refractivity contribution in [1.29, 1.82) is 0 Å². The molecule has 0 aliphatic carbocycles. The Morgan fingerprint density at radius 3 is 2.70 bits per heavy atom. The minimum absolute atomic E-state index is 0.0282. The van der Waals surface area contributed by atoms with E-state index < -0.39 is 0 Å². The molecule has 4 rings (SSSR count). The third-order valence-electron chi connectivity index (χ3n) is 5.03. The van der Waals surface area contributed by atoms with E-state index in [1.807, 2.05) is 36.4 Å². The predicted octanol–water partition coefficient (Wildman–Crippen LogP) is 2.31. The SMILES string of the molecule is COC(=O)c1ccc(Cn2c([C@H]3CCNC3)nc3ccccc3c2=O)cc1. The molecule has 0 spiro atoms. The molecule has 0 radical (unpaired) electrons. The van der Waals surface area contributed by atoms with Crippen molar-refractivity contribution in [1.82, 2.24) is 14.9 Å². The van der Waals surface area contributed by atoms with Crippen molar-refractivity contribution in [2.45, 2.75) is 18.9 Å². The van der Waals surface area contributed by atoms with Crippen LogP contribution in [0.1, 0.15) is 34.1 Å². The summed E-state index contributed by atoms with van der Waals surface area (Å²) in [7, 11) is 1.36. The zero-order chi connectivity index (χ0) is 18.8. The van der Waals surface area contributed by atoms with Crippen LogP contribution in [0.25, 0.3) is 10.9 Å². The summed E-state index contributed by atoms with van der Waals surface area (Å²) in [6, 6.07) is 14.6. The van der Waals surface area contributed by atoms with Gasteiger partial charge in [-0.2, -0.15) is 0 Å². The van der Waals surface area contributed by atoms with E-state index >= 15 is 0 Å². The Kier molecular flexibility index (Phi) is 4.73. The molecule has 1 aromatic heterocycles. The zero-order valence-corrected chi connectivity index (χ0v) is 15.1. The molecule has 1 saturated heterocycles. The number of nitrogens with zero attached hydrogens (tertiary/aromatic N) is 2. The molecule has 0 amide bonds. The molecule has 3 aromatic rings. The van der Waals surface area contributed by atoms with E-state index in [2.05, 4.69) is 5.32 Å². The van der Waals surface area contributed by atoms with Crippen LogP contribution in [0.3, 0.4) is 0 Å². The van der Waals surface area contributed by atoms with Crippen molar-refractivity contribution in [3.8, 4) is 0 Å². The molecule has 2 heterocycles. The van der Waals surface area contributed by atoms with E-state index in [4.69, 9.17) is 9.72 Å². The summed E-state index contributed by atoms with van der Waals surface area (Å²) in [5.74, 6) is 0.668. The van der Waals surface area contributed by atoms with Crippen LogP contribution in [0.5, 0.6) is 0 Å². The Morgan fingerprint density at radius 2 is 2.00 bits per heavy atom. The first-order valence-corrected chi connectivity index (χ1v) is 9.05. The van der Waals surface area contributed by atoms with Gasteiger partial charge >= 0.3 is 5.97 Å². The smallest absolute Gasteiger partial charge is 0.337 e. The average Bonchev–Trinajstić information content (AvgIpc) is 3.24. The van der Waals surface area contributed by atoms with Gasteiger partial charge in [0.05, 0.1) is 30.1 Å². The number of hydrogen-bond acceptors (Lipinski definition) is 5. The highest BCUT2D eigenvalue weighted by Crippen LogP contribution is 2.22. The van der Waals surface area contributed by atoms with Crippen LogP contribution >= 0.6 is 0 Å². The van der Waals surface area contributed by atoms with E-state index in [1.165, 1.54) is 7.11 Å². The lowest BCUT2D eigenvalue weighted by Gasteiger charge is -2.17. The highest BCUT2D eigenvalue weighted by Gasteiger charge is 2.23. The van der Waals surface area contributed by atoms with Crippen LogP contribution in [0.4, 0.5) is 0 Å². The van der Waals surface area contributed by atoms with E-state index in [0.717, 1.165) is 36.4 Å². The number of para-hydroxylation sites is 1. The van der Waals surface area contributed by atoms with Crippen LogP contribution in [-0.4, -0.2) is 35.7 Å². The van der Waals surface area contributed by atoms with Gasteiger partial charge in [-0.3, -0.25) is 9.36 Å². The van der Waals surface area contributed by atoms with Gasteiger partial charge in [-0.1, -0.05) is 24.3 Å². The second-order valence-electron chi connectivity index (χ2n) is 6.76. The van der Waals surface area contributed by atoms with E-state index in [-0.39, 0.29) is 17.4 Å². The number of nitrogens with one attached hydrogen (secondary N) is 1. The van der Waals surface area contributed by atoms with Crippen molar-refractivity contribution in [3.05, 3.63) is 75.8 Å². The maximum absolute atomic E-state index is 13.2. The van der Waals surface area contributed by atoms with E-state index in [1.54, 1.807) is 16.7 Å². The maximum Gasteiger partial charge on any atom is 0.337 e. The fourth-order valence-electron chi connectivity index (χ4n) is 3.57. The van der Waals surface area contributed by atoms with Gasteiger partial charge in [0.25, 0.3) is 5.56 Å². The van der Waals surface area contributed by atoms with Gasteiger partial charge in [0.1, 0.15) is 5.82 Å². The summed E-state index contributed by atoms with van der Waals surface area (Å²) in [5, 5.41) is 3.97. The van der Waals surface area contributed by atoms with Crippen molar-refractivity contribution < 1.29 is 9.53 Å². The fraction of sp³-hybridized carbons (Fsp3) is 0.286. The third kappa shape index (κ3) is 3.36. The molecule has 1 aliphatic heterocycles. The molecule has 0 unspecified atom stereocenters. The Hall–Kier alpha value is -2.99. The van der Waals surface area contributed by atoms with Crippen LogP contribution < -0.4 is 10.9 Å². The lowest BCUT2D eigenvalue weighted by atomic mass is 10.1. The third-order valence-corrected chi connectivity index (χ3v) is 5.03. The molecule has 138 valence electrons. The number of benzene rings is 2. The van der Waals surface area contributed by atoms with Crippen LogP contribution in [0.15, 0.2) is 53.3 Å². The summed E-state index contributed by atoms with van der Waals surface area (Å²) >= 11 is 0. The topological polar surface area (TPSA) is 73.2 Å². The van der Waals surface area contributed by atoms with Crippen LogP contribution in [-0.2, 0) is 11.3 Å². The van der Waals surface area contributed by atoms with E-state index in [0.29, 0.717) is 17.5 Å². The van der Waals surface area contributed by atoms with Gasteiger partial charge in [0.2, 0.25) is 0 Å². The number of fused-ring (bicyclic) bond motifs is 1. The average molecular weight is 363 g/mol. The summed E-state index contributed by atoms with van der Waals surface area (Å²) in [6.45, 7) is 2.18. The van der Waals surface area contributed by atoms with Gasteiger partial charge in [-0.05, 0) is 42.8 Å². The molecule has 1 N–H and O–H groups in total. The number of hydrogen-bond donors (Lipinski definition) is 1. The standard InChI is InChI=1S/C21H21N3O3/c1-27-21(26)15-8-6-14(7-9-15)13-24-19(16-10-11-22-12-16)23-18-5-3-2-4-17(18)20(24)25/h2-9,16,22H,10-13H2,1H3/t16-/m0/s1. The Labute approximate surface area is 156 Å². The number of methoxy groups -OCH3 is 1. The predicted molar refractivity (Wildman–Crippen MR) is 103 cm³/mol.